The summed E-state index contributed by atoms with van der Waals surface area (Å²) < 4.78 is 1.63. The van der Waals surface area contributed by atoms with Crippen LogP contribution in [0.5, 0.6) is 0 Å². The molecule has 24 heavy (non-hydrogen) atoms. The smallest absolute Gasteiger partial charge is 0.347 e. The highest BCUT2D eigenvalue weighted by Crippen LogP contribution is 2.24. The lowest BCUT2D eigenvalue weighted by Crippen LogP contribution is -2.26. The number of hydrogen-bond acceptors (Lipinski definition) is 6. The van der Waals surface area contributed by atoms with E-state index in [9.17, 15) is 9.59 Å². The fourth-order valence-corrected chi connectivity index (χ4v) is 3.23. The third-order valence-electron chi connectivity index (χ3n) is 3.60. The fraction of sp³-hybridized carbons (Fsp3) is 0.267. The van der Waals surface area contributed by atoms with Crippen molar-refractivity contribution in [2.75, 3.05) is 0 Å². The van der Waals surface area contributed by atoms with Crippen molar-refractivity contribution in [3.63, 3.8) is 0 Å². The predicted octanol–water partition coefficient (Wildman–Crippen LogP) is 1.92. The first kappa shape index (κ1) is 16.1. The Morgan fingerprint density at radius 3 is 2.79 bits per heavy atom. The molecule has 0 spiro atoms. The van der Waals surface area contributed by atoms with Gasteiger partial charge in [-0.05, 0) is 32.0 Å². The number of benzene rings is 1. The van der Waals surface area contributed by atoms with Crippen LogP contribution >= 0.6 is 11.3 Å². The summed E-state index contributed by atoms with van der Waals surface area (Å²) in [6.45, 7) is 3.41. The molecule has 3 aromatic rings. The van der Waals surface area contributed by atoms with Crippen LogP contribution in [0.4, 0.5) is 0 Å². The lowest BCUT2D eigenvalue weighted by molar-refractivity contribution is 0.0701. The molecule has 9 heteroatoms. The predicted molar refractivity (Wildman–Crippen MR) is 88.2 cm³/mol. The maximum Gasteiger partial charge on any atom is 0.347 e. The molecule has 1 amide bonds. The van der Waals surface area contributed by atoms with Crippen LogP contribution in [0.2, 0.25) is 0 Å². The Labute approximate surface area is 141 Å². The summed E-state index contributed by atoms with van der Waals surface area (Å²) >= 11 is 1.07. The lowest BCUT2D eigenvalue weighted by Gasteiger charge is -2.11. The third kappa shape index (κ3) is 2.85. The number of thiazole rings is 1. The Bertz CT molecular complexity index is 946. The van der Waals surface area contributed by atoms with Crippen LogP contribution in [0.1, 0.15) is 43.7 Å². The van der Waals surface area contributed by atoms with Crippen LogP contribution in [-0.2, 0) is 7.05 Å². The van der Waals surface area contributed by atoms with Crippen molar-refractivity contribution < 1.29 is 14.7 Å². The normalized spacial score (nSPS) is 12.3. The van der Waals surface area contributed by atoms with E-state index in [2.05, 4.69) is 20.6 Å². The quantitative estimate of drug-likeness (QED) is 0.747. The van der Waals surface area contributed by atoms with Crippen molar-refractivity contribution in [1.29, 1.82) is 0 Å². The number of carboxylic acid groups (broad SMARTS) is 1. The Kier molecular flexibility index (Phi) is 4.02. The molecule has 2 heterocycles. The highest BCUT2D eigenvalue weighted by molar-refractivity contribution is 7.13. The largest absolute Gasteiger partial charge is 0.477 e. The molecule has 2 aromatic heterocycles. The Balaban J connectivity index is 1.80. The van der Waals surface area contributed by atoms with Gasteiger partial charge in [-0.3, -0.25) is 4.79 Å². The number of carbonyl (C=O) groups is 2. The molecule has 3 rings (SSSR count). The number of hydrogen-bond donors (Lipinski definition) is 2. The fourth-order valence-electron chi connectivity index (χ4n) is 2.32. The van der Waals surface area contributed by atoms with Crippen molar-refractivity contribution in [3.8, 4) is 0 Å². The first-order valence-corrected chi connectivity index (χ1v) is 7.99. The zero-order chi connectivity index (χ0) is 17.4. The van der Waals surface area contributed by atoms with Gasteiger partial charge in [0.1, 0.15) is 15.4 Å². The zero-order valence-electron chi connectivity index (χ0n) is 13.3. The van der Waals surface area contributed by atoms with E-state index in [1.54, 1.807) is 43.8 Å². The molecule has 8 nitrogen and oxygen atoms in total. The summed E-state index contributed by atoms with van der Waals surface area (Å²) in [6, 6.07) is 4.75. The first-order chi connectivity index (χ1) is 11.4. The molecule has 0 aliphatic heterocycles. The van der Waals surface area contributed by atoms with Gasteiger partial charge in [0.25, 0.3) is 5.91 Å². The number of aromatic carboxylic acids is 1. The summed E-state index contributed by atoms with van der Waals surface area (Å²) in [5.74, 6) is -1.29. The highest BCUT2D eigenvalue weighted by atomic mass is 32.1. The number of amides is 1. The molecule has 0 saturated heterocycles. The summed E-state index contributed by atoms with van der Waals surface area (Å²) in [4.78, 5) is 27.9. The number of fused-ring (bicyclic) bond motifs is 1. The third-order valence-corrected chi connectivity index (χ3v) is 4.93. The minimum absolute atomic E-state index is 0.187. The van der Waals surface area contributed by atoms with Gasteiger partial charge in [0.05, 0.1) is 17.3 Å². The standard InChI is InChI=1S/C15H15N5O3S/c1-7-12(15(22)23)24-14(17-7)8(2)16-13(21)9-4-5-11-10(6-9)18-19-20(11)3/h4-6,8H,1-3H3,(H,16,21)(H,22,23). The number of aromatic nitrogens is 4. The molecular formula is C15H15N5O3S. The van der Waals surface area contributed by atoms with E-state index in [-0.39, 0.29) is 10.8 Å². The van der Waals surface area contributed by atoms with Crippen LogP contribution < -0.4 is 5.32 Å². The van der Waals surface area contributed by atoms with Crippen LogP contribution in [0, 0.1) is 6.92 Å². The molecule has 0 radical (unpaired) electrons. The van der Waals surface area contributed by atoms with Crippen LogP contribution in [0.15, 0.2) is 18.2 Å². The maximum atomic E-state index is 12.4. The second-order valence-electron chi connectivity index (χ2n) is 5.38. The number of rotatable bonds is 4. The van der Waals surface area contributed by atoms with E-state index in [0.717, 1.165) is 16.9 Å². The average molecular weight is 345 g/mol. The van der Waals surface area contributed by atoms with Gasteiger partial charge in [-0.15, -0.1) is 16.4 Å². The molecule has 0 bridgehead atoms. The van der Waals surface area contributed by atoms with Crippen molar-refractivity contribution in [2.45, 2.75) is 19.9 Å². The van der Waals surface area contributed by atoms with Gasteiger partial charge in [0, 0.05) is 12.6 Å². The Morgan fingerprint density at radius 2 is 2.12 bits per heavy atom. The maximum absolute atomic E-state index is 12.4. The molecular weight excluding hydrogens is 330 g/mol. The molecule has 2 N–H and O–H groups in total. The molecule has 0 aliphatic carbocycles. The van der Waals surface area contributed by atoms with E-state index in [0.29, 0.717) is 21.8 Å². The molecule has 1 atom stereocenters. The SMILES string of the molecule is Cc1nc(C(C)NC(=O)c2ccc3c(c2)nnn3C)sc1C(=O)O. The summed E-state index contributed by atoms with van der Waals surface area (Å²) in [7, 11) is 1.78. The first-order valence-electron chi connectivity index (χ1n) is 7.17. The van der Waals surface area contributed by atoms with Gasteiger partial charge in [-0.25, -0.2) is 14.5 Å². The van der Waals surface area contributed by atoms with Gasteiger partial charge in [0.2, 0.25) is 0 Å². The van der Waals surface area contributed by atoms with Gasteiger partial charge < -0.3 is 10.4 Å². The van der Waals surface area contributed by atoms with Crippen molar-refractivity contribution in [2.24, 2.45) is 7.05 Å². The molecule has 0 aliphatic rings. The van der Waals surface area contributed by atoms with Crippen LogP contribution in [-0.4, -0.2) is 37.0 Å². The number of carboxylic acids is 1. The van der Waals surface area contributed by atoms with Crippen LogP contribution in [0.3, 0.4) is 0 Å². The molecule has 124 valence electrons. The number of aryl methyl sites for hydroxylation is 2. The van der Waals surface area contributed by atoms with E-state index >= 15 is 0 Å². The second-order valence-corrected chi connectivity index (χ2v) is 6.41. The van der Waals surface area contributed by atoms with Gasteiger partial charge >= 0.3 is 5.97 Å². The van der Waals surface area contributed by atoms with Crippen LogP contribution in [0.25, 0.3) is 11.0 Å². The minimum Gasteiger partial charge on any atom is -0.477 e. The summed E-state index contributed by atoms with van der Waals surface area (Å²) in [6.07, 6.45) is 0. The molecule has 0 fully saturated rings. The number of nitrogens with one attached hydrogen (secondary N) is 1. The summed E-state index contributed by atoms with van der Waals surface area (Å²) in [5, 5.41) is 20.4. The monoisotopic (exact) mass is 345 g/mol. The topological polar surface area (TPSA) is 110 Å². The van der Waals surface area contributed by atoms with E-state index in [1.807, 2.05) is 0 Å². The van der Waals surface area contributed by atoms with Crippen molar-refractivity contribution >= 4 is 34.2 Å². The van der Waals surface area contributed by atoms with Gasteiger partial charge in [-0.2, -0.15) is 0 Å². The van der Waals surface area contributed by atoms with Gasteiger partial charge in [-0.1, -0.05) is 5.21 Å². The minimum atomic E-state index is -1.01. The van der Waals surface area contributed by atoms with Crippen molar-refractivity contribution in [1.82, 2.24) is 25.3 Å². The molecule has 0 saturated carbocycles. The van der Waals surface area contributed by atoms with Crippen molar-refractivity contribution in [3.05, 3.63) is 39.3 Å². The van der Waals surface area contributed by atoms with E-state index < -0.39 is 12.0 Å². The summed E-state index contributed by atoms with van der Waals surface area (Å²) in [5.41, 5.74) is 2.38. The number of nitrogens with zero attached hydrogens (tertiary/aromatic N) is 4. The average Bonchev–Trinajstić information content (AvgIpc) is 3.10. The Morgan fingerprint density at radius 1 is 1.38 bits per heavy atom. The zero-order valence-corrected chi connectivity index (χ0v) is 14.1. The van der Waals surface area contributed by atoms with E-state index in [4.69, 9.17) is 5.11 Å². The Hall–Kier alpha value is -2.81. The number of carbonyl (C=O) groups excluding carboxylic acids is 1. The molecule has 1 unspecified atom stereocenters. The second kappa shape index (κ2) is 6.00. The van der Waals surface area contributed by atoms with E-state index in [1.165, 1.54) is 0 Å². The van der Waals surface area contributed by atoms with Gasteiger partial charge in [0.15, 0.2) is 0 Å². The highest BCUT2D eigenvalue weighted by Gasteiger charge is 2.20. The lowest BCUT2D eigenvalue weighted by atomic mass is 10.1. The molecule has 1 aromatic carbocycles.